The van der Waals surface area contributed by atoms with Gasteiger partial charge in [0.05, 0.1) is 39.5 Å². The van der Waals surface area contributed by atoms with Crippen LogP contribution in [0.25, 0.3) is 21.8 Å². The smallest absolute Gasteiger partial charge is 0.225 e. The zero-order chi connectivity index (χ0) is 34.1. The van der Waals surface area contributed by atoms with Crippen molar-refractivity contribution in [3.05, 3.63) is 24.3 Å². The molecule has 0 radical (unpaired) electrons. The molecule has 0 aliphatic carbocycles. The second kappa shape index (κ2) is 19.8. The first kappa shape index (κ1) is 37.0. The number of rotatable bonds is 23. The third-order valence-corrected chi connectivity index (χ3v) is 9.80. The fourth-order valence-corrected chi connectivity index (χ4v) is 6.76. The van der Waals surface area contributed by atoms with E-state index in [2.05, 4.69) is 41.2 Å². The maximum atomic E-state index is 6.16. The molecular weight excluding hydrogens is 653 g/mol. The number of anilines is 4. The Hall–Kier alpha value is -3.86. The average Bonchev–Trinajstić information content (AvgIpc) is 3.10. The van der Waals surface area contributed by atoms with Gasteiger partial charge in [-0.05, 0) is 50.9 Å². The van der Waals surface area contributed by atoms with E-state index in [0.717, 1.165) is 87.2 Å². The molecule has 0 unspecified atom stereocenters. The van der Waals surface area contributed by atoms with Crippen molar-refractivity contribution in [1.82, 2.24) is 30.6 Å². The van der Waals surface area contributed by atoms with Crippen molar-refractivity contribution in [2.75, 3.05) is 101 Å². The van der Waals surface area contributed by atoms with E-state index in [1.165, 1.54) is 0 Å². The van der Waals surface area contributed by atoms with Gasteiger partial charge in [-0.2, -0.15) is 9.97 Å². The molecule has 0 aliphatic heterocycles. The fraction of sp³-hybridized carbons (Fsp3) is 0.500. The van der Waals surface area contributed by atoms with Crippen LogP contribution in [0.2, 0.25) is 0 Å². The summed E-state index contributed by atoms with van der Waals surface area (Å²) in [5.74, 6) is 6.41. The molecule has 14 nitrogen and oxygen atoms in total. The normalized spacial score (nSPS) is 11.2. The van der Waals surface area contributed by atoms with Crippen LogP contribution in [0.3, 0.4) is 0 Å². The summed E-state index contributed by atoms with van der Waals surface area (Å²) in [5, 5.41) is 15.1. The first-order valence-electron chi connectivity index (χ1n) is 16.0. The lowest BCUT2D eigenvalue weighted by atomic mass is 10.2. The lowest BCUT2D eigenvalue weighted by Crippen LogP contribution is -2.20. The van der Waals surface area contributed by atoms with Gasteiger partial charge in [0.15, 0.2) is 23.0 Å². The van der Waals surface area contributed by atoms with Crippen LogP contribution in [-0.2, 0) is 0 Å². The molecule has 0 amide bonds. The van der Waals surface area contributed by atoms with Gasteiger partial charge < -0.3 is 51.7 Å². The molecule has 16 heteroatoms. The van der Waals surface area contributed by atoms with Gasteiger partial charge in [0.2, 0.25) is 11.9 Å². The van der Waals surface area contributed by atoms with E-state index >= 15 is 0 Å². The van der Waals surface area contributed by atoms with Gasteiger partial charge in [-0.3, -0.25) is 0 Å². The van der Waals surface area contributed by atoms with Crippen LogP contribution in [0.15, 0.2) is 24.3 Å². The average molecular weight is 701 g/mol. The summed E-state index contributed by atoms with van der Waals surface area (Å²) in [6.07, 6.45) is 4.13. The number of nitrogen functional groups attached to an aromatic ring is 2. The van der Waals surface area contributed by atoms with Crippen LogP contribution >= 0.6 is 21.6 Å². The first-order valence-corrected chi connectivity index (χ1v) is 18.5. The monoisotopic (exact) mass is 700 g/mol. The van der Waals surface area contributed by atoms with E-state index in [4.69, 9.17) is 30.4 Å². The highest BCUT2D eigenvalue weighted by Gasteiger charge is 2.13. The van der Waals surface area contributed by atoms with Crippen LogP contribution in [-0.4, -0.2) is 99.1 Å². The van der Waals surface area contributed by atoms with E-state index in [1.807, 2.05) is 33.7 Å². The summed E-state index contributed by atoms with van der Waals surface area (Å²) in [6.45, 7) is 5.49. The van der Waals surface area contributed by atoms with Gasteiger partial charge in [0, 0.05) is 60.6 Å². The Morgan fingerprint density at radius 2 is 0.896 bits per heavy atom. The van der Waals surface area contributed by atoms with E-state index < -0.39 is 0 Å². The molecule has 0 saturated carbocycles. The Labute approximate surface area is 290 Å². The number of aromatic nitrogens is 4. The Morgan fingerprint density at radius 1 is 0.521 bits per heavy atom. The molecule has 0 bridgehead atoms. The van der Waals surface area contributed by atoms with Crippen molar-refractivity contribution in [2.24, 2.45) is 0 Å². The molecule has 0 aliphatic rings. The summed E-state index contributed by atoms with van der Waals surface area (Å²) in [5.41, 5.74) is 13.8. The van der Waals surface area contributed by atoms with Crippen molar-refractivity contribution in [2.45, 2.75) is 25.7 Å². The standard InChI is InChI=1S/C32H48N10O4S2/c1-43-25-17-21-23(19-27(25)45-3)39-31(41-29(21)33)37-11-7-5-9-35-13-15-47-48-16-14-36-10-6-8-12-38-32-40-24-20-28(46-4)26(44-2)18-22(24)30(34)42-32/h17-20,35-36H,5-16H2,1-4H3,(H3,33,37,39,41)(H3,34,38,40,42). The predicted octanol–water partition coefficient (Wildman–Crippen LogP) is 4.42. The van der Waals surface area contributed by atoms with Crippen LogP contribution in [0, 0.1) is 0 Å². The Bertz CT molecular complexity index is 1480. The number of benzene rings is 2. The number of ether oxygens (including phenoxy) is 4. The molecular formula is C32H48N10O4S2. The molecule has 4 rings (SSSR count). The Balaban J connectivity index is 0.961. The summed E-state index contributed by atoms with van der Waals surface area (Å²) < 4.78 is 21.5. The number of nitrogens with two attached hydrogens (primary N) is 2. The van der Waals surface area contributed by atoms with E-state index in [9.17, 15) is 0 Å². The summed E-state index contributed by atoms with van der Waals surface area (Å²) in [6, 6.07) is 7.22. The number of hydrogen-bond acceptors (Lipinski definition) is 16. The van der Waals surface area contributed by atoms with E-state index in [0.29, 0.717) is 57.6 Å². The van der Waals surface area contributed by atoms with Gasteiger partial charge in [0.1, 0.15) is 11.6 Å². The summed E-state index contributed by atoms with van der Waals surface area (Å²) in [4.78, 5) is 17.9. The minimum Gasteiger partial charge on any atom is -0.493 e. The van der Waals surface area contributed by atoms with Gasteiger partial charge in [-0.25, -0.2) is 9.97 Å². The highest BCUT2D eigenvalue weighted by Crippen LogP contribution is 2.34. The van der Waals surface area contributed by atoms with Crippen molar-refractivity contribution in [1.29, 1.82) is 0 Å². The lowest BCUT2D eigenvalue weighted by Gasteiger charge is -2.12. The van der Waals surface area contributed by atoms with Crippen molar-refractivity contribution < 1.29 is 18.9 Å². The molecule has 0 fully saturated rings. The lowest BCUT2D eigenvalue weighted by molar-refractivity contribution is 0.356. The van der Waals surface area contributed by atoms with Gasteiger partial charge in [0.25, 0.3) is 0 Å². The van der Waals surface area contributed by atoms with Gasteiger partial charge in [-0.15, -0.1) is 0 Å². The van der Waals surface area contributed by atoms with Crippen molar-refractivity contribution in [3.8, 4) is 23.0 Å². The summed E-state index contributed by atoms with van der Waals surface area (Å²) >= 11 is 0. The number of nitrogens with zero attached hydrogens (tertiary/aromatic N) is 4. The van der Waals surface area contributed by atoms with Crippen LogP contribution in [0.5, 0.6) is 23.0 Å². The highest BCUT2D eigenvalue weighted by atomic mass is 33.1. The Kier molecular flexibility index (Phi) is 15.3. The molecule has 2 aromatic carbocycles. The Morgan fingerprint density at radius 3 is 1.29 bits per heavy atom. The largest absolute Gasteiger partial charge is 0.493 e. The number of nitrogens with one attached hydrogen (secondary N) is 4. The SMILES string of the molecule is COc1cc2nc(NCCCCNCCSSCCNCCCCNc3nc(N)c4cc(OC)c(OC)cc4n3)nc(N)c2cc1OC. The zero-order valence-corrected chi connectivity index (χ0v) is 29.8. The summed E-state index contributed by atoms with van der Waals surface area (Å²) in [7, 11) is 10.2. The molecule has 4 aromatic rings. The van der Waals surface area contributed by atoms with Crippen LogP contribution in [0.1, 0.15) is 25.7 Å². The van der Waals surface area contributed by atoms with E-state index in [1.54, 1.807) is 40.6 Å². The van der Waals surface area contributed by atoms with Crippen molar-refractivity contribution >= 4 is 66.9 Å². The molecule has 0 saturated heterocycles. The highest BCUT2D eigenvalue weighted by molar-refractivity contribution is 8.76. The number of fused-ring (bicyclic) bond motifs is 2. The van der Waals surface area contributed by atoms with Gasteiger partial charge in [-0.1, -0.05) is 21.6 Å². The maximum Gasteiger partial charge on any atom is 0.225 e. The second-order valence-corrected chi connectivity index (χ2v) is 13.4. The molecule has 2 aromatic heterocycles. The fourth-order valence-electron chi connectivity index (χ4n) is 4.86. The van der Waals surface area contributed by atoms with Gasteiger partial charge >= 0.3 is 0 Å². The quantitative estimate of drug-likeness (QED) is 0.0471. The predicted molar refractivity (Wildman–Crippen MR) is 200 cm³/mol. The zero-order valence-electron chi connectivity index (χ0n) is 28.2. The maximum absolute atomic E-state index is 6.16. The van der Waals surface area contributed by atoms with Crippen molar-refractivity contribution in [3.63, 3.8) is 0 Å². The third-order valence-electron chi connectivity index (χ3n) is 7.40. The van der Waals surface area contributed by atoms with Crippen LogP contribution < -0.4 is 51.7 Å². The number of unbranched alkanes of at least 4 members (excludes halogenated alkanes) is 2. The topological polar surface area (TPSA) is 189 Å². The second-order valence-electron chi connectivity index (χ2n) is 10.7. The first-order chi connectivity index (χ1) is 23.5. The third kappa shape index (κ3) is 10.8. The number of hydrogen-bond donors (Lipinski definition) is 6. The molecule has 0 spiro atoms. The minimum absolute atomic E-state index is 0.407. The van der Waals surface area contributed by atoms with Crippen LogP contribution in [0.4, 0.5) is 23.5 Å². The molecule has 48 heavy (non-hydrogen) atoms. The molecule has 2 heterocycles. The minimum atomic E-state index is 0.407. The molecule has 262 valence electrons. The molecule has 0 atom stereocenters. The number of methoxy groups -OCH3 is 4. The van der Waals surface area contributed by atoms with E-state index in [-0.39, 0.29) is 0 Å². The molecule has 8 N–H and O–H groups in total.